The Labute approximate surface area is 168 Å². The number of hydrogen-bond acceptors (Lipinski definition) is 1. The second-order valence-corrected chi connectivity index (χ2v) is 5.39. The van der Waals surface area contributed by atoms with Gasteiger partial charge in [0.05, 0.1) is 0 Å². The molecule has 2 aromatic carbocycles. The average molecular weight is 422 g/mol. The predicted molar refractivity (Wildman–Crippen MR) is 105 cm³/mol. The fourth-order valence-corrected chi connectivity index (χ4v) is 2.36. The van der Waals surface area contributed by atoms with E-state index in [-0.39, 0.29) is 5.78 Å². The molecule has 7 heteroatoms. The van der Waals surface area contributed by atoms with Crippen LogP contribution in [0.25, 0.3) is 0 Å². The number of hydrogen-bond donors (Lipinski definition) is 0. The molecule has 0 radical (unpaired) electrons. The molecule has 29 heavy (non-hydrogen) atoms. The summed E-state index contributed by atoms with van der Waals surface area (Å²) in [6.45, 7) is 11.1. The summed E-state index contributed by atoms with van der Waals surface area (Å²) in [5, 5.41) is 0. The zero-order valence-corrected chi connectivity index (χ0v) is 17.4. The number of benzene rings is 2. The van der Waals surface area contributed by atoms with Gasteiger partial charge in [0, 0.05) is 0 Å². The Morgan fingerprint density at radius 1 is 0.586 bits per heavy atom. The van der Waals surface area contributed by atoms with Crippen molar-refractivity contribution in [3.63, 3.8) is 0 Å². The van der Waals surface area contributed by atoms with Crippen LogP contribution in [0.5, 0.6) is 0 Å². The lowest BCUT2D eigenvalue weighted by Crippen LogP contribution is -2.54. The molecule has 0 atom stereocenters. The minimum Gasteiger partial charge on any atom is -0.300 e. The zero-order valence-electron chi connectivity index (χ0n) is 17.4. The molecule has 0 spiro atoms. The summed E-state index contributed by atoms with van der Waals surface area (Å²) in [7, 11) is 0. The third-order valence-corrected chi connectivity index (χ3v) is 3.26. The Kier molecular flexibility index (Phi) is 13.0. The summed E-state index contributed by atoms with van der Waals surface area (Å²) in [6.07, 6.45) is -11.0. The van der Waals surface area contributed by atoms with Crippen LogP contribution in [0.1, 0.15) is 52.7 Å². The fraction of sp³-hybridized carbons (Fsp3) is 0.409. The number of ketones is 1. The first-order chi connectivity index (χ1) is 13.4. The van der Waals surface area contributed by atoms with Crippen LogP contribution in [0.2, 0.25) is 0 Å². The van der Waals surface area contributed by atoms with E-state index in [0.717, 1.165) is 48.5 Å². The van der Waals surface area contributed by atoms with Crippen molar-refractivity contribution >= 4 is 5.78 Å². The van der Waals surface area contributed by atoms with Gasteiger partial charge in [-0.1, -0.05) is 88.4 Å². The van der Waals surface area contributed by atoms with Gasteiger partial charge in [-0.3, -0.25) is 0 Å². The van der Waals surface area contributed by atoms with Gasteiger partial charge in [0.15, 0.2) is 0 Å². The van der Waals surface area contributed by atoms with Crippen LogP contribution in [0.15, 0.2) is 60.7 Å². The Bertz CT molecular complexity index is 616. The van der Waals surface area contributed by atoms with E-state index in [0.29, 0.717) is 0 Å². The van der Waals surface area contributed by atoms with Crippen LogP contribution in [0, 0.1) is 0 Å². The summed E-state index contributed by atoms with van der Waals surface area (Å²) in [5.74, 6) is 0.167. The molecule has 0 aliphatic rings. The molecule has 0 bridgehead atoms. The molecule has 2 rings (SSSR count). The van der Waals surface area contributed by atoms with E-state index in [1.807, 2.05) is 27.7 Å². The van der Waals surface area contributed by atoms with Gasteiger partial charge in [0.25, 0.3) is 0 Å². The van der Waals surface area contributed by atoms with Gasteiger partial charge in [0.1, 0.15) is 5.78 Å². The molecule has 0 amide bonds. The van der Waals surface area contributed by atoms with E-state index in [2.05, 4.69) is 0 Å². The minimum atomic E-state index is -5.52. The Balaban J connectivity index is 0. The van der Waals surface area contributed by atoms with Gasteiger partial charge in [-0.2, -0.15) is 26.3 Å². The standard InChI is InChI=1S/C15H10F6.C3H6O.2C2H6/c16-14(17,18)13(15(19,20)21,11-7-3-1-4-8-11)12-9-5-2-6-10-12;1-3(2)4;2*1-2/h1-10H;1-2H3;2*1-2H3. The quantitative estimate of drug-likeness (QED) is 0.452. The highest BCUT2D eigenvalue weighted by atomic mass is 19.4. The molecular weight excluding hydrogens is 394 g/mol. The van der Waals surface area contributed by atoms with Crippen molar-refractivity contribution < 1.29 is 31.1 Å². The zero-order chi connectivity index (χ0) is 23.3. The number of rotatable bonds is 2. The monoisotopic (exact) mass is 422 g/mol. The molecule has 0 heterocycles. The maximum atomic E-state index is 13.5. The van der Waals surface area contributed by atoms with Gasteiger partial charge >= 0.3 is 12.4 Å². The molecule has 0 aromatic heterocycles. The largest absolute Gasteiger partial charge is 0.411 e. The van der Waals surface area contributed by atoms with Crippen LogP contribution in [0.4, 0.5) is 26.3 Å². The maximum Gasteiger partial charge on any atom is 0.411 e. The van der Waals surface area contributed by atoms with Crippen molar-refractivity contribution in [2.24, 2.45) is 0 Å². The van der Waals surface area contributed by atoms with Crippen molar-refractivity contribution in [2.75, 3.05) is 0 Å². The SMILES string of the molecule is CC.CC.CC(C)=O.FC(F)(F)C(c1ccccc1)(c1ccccc1)C(F)(F)F. The minimum absolute atomic E-state index is 0.167. The van der Waals surface area contributed by atoms with E-state index < -0.39 is 28.9 Å². The Hall–Kier alpha value is -2.31. The fourth-order valence-electron chi connectivity index (χ4n) is 2.36. The molecule has 0 aliphatic heterocycles. The molecule has 0 N–H and O–H groups in total. The molecule has 0 saturated heterocycles. The number of Topliss-reactive ketones (excluding diaryl/α,β-unsaturated/α-hetero) is 1. The Morgan fingerprint density at radius 3 is 0.966 bits per heavy atom. The van der Waals surface area contributed by atoms with Crippen LogP contribution in [-0.4, -0.2) is 18.1 Å². The van der Waals surface area contributed by atoms with Crippen LogP contribution >= 0.6 is 0 Å². The van der Waals surface area contributed by atoms with Crippen LogP contribution in [0.3, 0.4) is 0 Å². The second-order valence-electron chi connectivity index (χ2n) is 5.39. The first-order valence-electron chi connectivity index (χ1n) is 9.16. The van der Waals surface area contributed by atoms with Crippen molar-refractivity contribution in [1.82, 2.24) is 0 Å². The van der Waals surface area contributed by atoms with E-state index in [9.17, 15) is 31.1 Å². The third kappa shape index (κ3) is 7.55. The van der Waals surface area contributed by atoms with Gasteiger partial charge in [-0.15, -0.1) is 0 Å². The van der Waals surface area contributed by atoms with Crippen LogP contribution < -0.4 is 0 Å². The highest BCUT2D eigenvalue weighted by Crippen LogP contribution is 2.55. The lowest BCUT2D eigenvalue weighted by molar-refractivity contribution is -0.288. The first kappa shape index (κ1) is 28.9. The molecule has 0 unspecified atom stereocenters. The number of carbonyl (C=O) groups excluding carboxylic acids is 1. The summed E-state index contributed by atoms with van der Waals surface area (Å²) >= 11 is 0. The highest BCUT2D eigenvalue weighted by Gasteiger charge is 2.72. The molecule has 0 aliphatic carbocycles. The van der Waals surface area contributed by atoms with E-state index >= 15 is 0 Å². The predicted octanol–water partition coefficient (Wildman–Crippen LogP) is 7.75. The van der Waals surface area contributed by atoms with Gasteiger partial charge < -0.3 is 4.79 Å². The van der Waals surface area contributed by atoms with E-state index in [1.165, 1.54) is 26.0 Å². The molecule has 0 fully saturated rings. The summed E-state index contributed by atoms with van der Waals surface area (Å²) in [6, 6.07) is 10.7. The van der Waals surface area contributed by atoms with Gasteiger partial charge in [0.2, 0.25) is 5.41 Å². The Morgan fingerprint density at radius 2 is 0.793 bits per heavy atom. The van der Waals surface area contributed by atoms with E-state index in [1.54, 1.807) is 0 Å². The van der Waals surface area contributed by atoms with Crippen molar-refractivity contribution in [1.29, 1.82) is 0 Å². The number of alkyl halides is 6. The molecule has 2 aromatic rings. The summed E-state index contributed by atoms with van der Waals surface area (Å²) in [4.78, 5) is 9.44. The van der Waals surface area contributed by atoms with Crippen molar-refractivity contribution in [3.8, 4) is 0 Å². The molecule has 1 nitrogen and oxygen atoms in total. The van der Waals surface area contributed by atoms with E-state index in [4.69, 9.17) is 0 Å². The summed E-state index contributed by atoms with van der Waals surface area (Å²) in [5.41, 5.74) is -5.74. The smallest absolute Gasteiger partial charge is 0.300 e. The lowest BCUT2D eigenvalue weighted by atomic mass is 9.73. The van der Waals surface area contributed by atoms with Gasteiger partial charge in [-0.25, -0.2) is 0 Å². The number of carbonyl (C=O) groups is 1. The highest BCUT2D eigenvalue weighted by molar-refractivity contribution is 5.72. The topological polar surface area (TPSA) is 17.1 Å². The average Bonchev–Trinajstić information content (AvgIpc) is 2.64. The summed E-state index contributed by atoms with van der Waals surface area (Å²) < 4.78 is 81.1. The maximum absolute atomic E-state index is 13.5. The normalized spacial score (nSPS) is 10.9. The van der Waals surface area contributed by atoms with Gasteiger partial charge in [-0.05, 0) is 25.0 Å². The van der Waals surface area contributed by atoms with Crippen LogP contribution in [-0.2, 0) is 10.2 Å². The lowest BCUT2D eigenvalue weighted by Gasteiger charge is -2.38. The van der Waals surface area contributed by atoms with Crippen molar-refractivity contribution in [3.05, 3.63) is 71.8 Å². The second kappa shape index (κ2) is 13.0. The first-order valence-corrected chi connectivity index (χ1v) is 9.16. The van der Waals surface area contributed by atoms with Crippen molar-refractivity contribution in [2.45, 2.75) is 59.3 Å². The molecule has 0 saturated carbocycles. The third-order valence-electron chi connectivity index (χ3n) is 3.26. The number of halogens is 6. The molecule has 164 valence electrons. The molecular formula is C22H28F6O.